The number of carboxylic acids is 1. The lowest BCUT2D eigenvalue weighted by molar-refractivity contribution is -0.0906. The van der Waals surface area contributed by atoms with Crippen molar-refractivity contribution in [2.45, 2.75) is 24.9 Å². The molecule has 29 heavy (non-hydrogen) atoms. The number of rotatable bonds is 2. The molecule has 0 saturated carbocycles. The number of ether oxygens (including phenoxy) is 1. The monoisotopic (exact) mass is 410 g/mol. The minimum Gasteiger partial charge on any atom is -0.477 e. The van der Waals surface area contributed by atoms with Gasteiger partial charge in [-0.05, 0) is 43.0 Å². The van der Waals surface area contributed by atoms with E-state index < -0.39 is 11.6 Å². The standard InChI is InChI=1S/C22H22N2O4S/c1-23-16-5-3-2-4-14(16)12-17(23)20(25)24-9-7-22(8-10-24)19-15(6-11-28-22)13-18(29-19)21(26)27/h2-5,12-13H,6-11H2,1H3,(H,26,27). The van der Waals surface area contributed by atoms with E-state index in [1.54, 1.807) is 6.07 Å². The van der Waals surface area contributed by atoms with Gasteiger partial charge in [0.2, 0.25) is 0 Å². The topological polar surface area (TPSA) is 71.8 Å². The molecule has 1 saturated heterocycles. The highest BCUT2D eigenvalue weighted by molar-refractivity contribution is 7.14. The lowest BCUT2D eigenvalue weighted by Gasteiger charge is -2.43. The lowest BCUT2D eigenvalue weighted by Crippen LogP contribution is -2.48. The summed E-state index contributed by atoms with van der Waals surface area (Å²) < 4.78 is 8.16. The van der Waals surface area contributed by atoms with E-state index >= 15 is 0 Å². The van der Waals surface area contributed by atoms with Crippen molar-refractivity contribution < 1.29 is 19.4 Å². The van der Waals surface area contributed by atoms with Crippen LogP contribution in [0.2, 0.25) is 0 Å². The molecule has 0 atom stereocenters. The zero-order valence-electron chi connectivity index (χ0n) is 16.2. The predicted molar refractivity (Wildman–Crippen MR) is 111 cm³/mol. The van der Waals surface area contributed by atoms with Crippen LogP contribution in [0.1, 0.15) is 43.4 Å². The van der Waals surface area contributed by atoms with Gasteiger partial charge in [-0.1, -0.05) is 18.2 Å². The molecule has 1 N–H and O–H groups in total. The summed E-state index contributed by atoms with van der Waals surface area (Å²) in [6.07, 6.45) is 2.13. The number of carboxylic acid groups (broad SMARTS) is 1. The Morgan fingerprint density at radius 3 is 2.66 bits per heavy atom. The number of thiophene rings is 1. The number of likely N-dealkylation sites (tertiary alicyclic amines) is 1. The molecule has 1 amide bonds. The maximum Gasteiger partial charge on any atom is 0.345 e. The molecule has 0 unspecified atom stereocenters. The third kappa shape index (κ3) is 2.88. The number of aromatic nitrogens is 1. The predicted octanol–water partition coefficient (Wildman–Crippen LogP) is 3.64. The maximum absolute atomic E-state index is 13.2. The van der Waals surface area contributed by atoms with Crippen LogP contribution >= 0.6 is 11.3 Å². The highest BCUT2D eigenvalue weighted by atomic mass is 32.1. The highest BCUT2D eigenvalue weighted by Crippen LogP contribution is 2.45. The first-order valence-electron chi connectivity index (χ1n) is 9.83. The van der Waals surface area contributed by atoms with E-state index in [9.17, 15) is 14.7 Å². The Balaban J connectivity index is 1.39. The summed E-state index contributed by atoms with van der Waals surface area (Å²) in [4.78, 5) is 27.9. The molecule has 7 heteroatoms. The van der Waals surface area contributed by atoms with Gasteiger partial charge in [0.15, 0.2) is 0 Å². The molecule has 2 aliphatic rings. The van der Waals surface area contributed by atoms with Gasteiger partial charge in [0, 0.05) is 35.9 Å². The first kappa shape index (κ1) is 18.4. The van der Waals surface area contributed by atoms with Gasteiger partial charge in [0.1, 0.15) is 16.2 Å². The molecule has 1 spiro atoms. The molecule has 0 aliphatic carbocycles. The number of aromatic carboxylic acids is 1. The average molecular weight is 410 g/mol. The number of para-hydroxylation sites is 1. The first-order valence-corrected chi connectivity index (χ1v) is 10.6. The number of nitrogens with zero attached hydrogens (tertiary/aromatic N) is 2. The zero-order valence-corrected chi connectivity index (χ0v) is 17.0. The molecule has 0 bridgehead atoms. The second kappa shape index (κ2) is 6.71. The number of hydrogen-bond acceptors (Lipinski definition) is 4. The minimum atomic E-state index is -0.886. The Kier molecular flexibility index (Phi) is 4.26. The van der Waals surface area contributed by atoms with E-state index in [1.807, 2.05) is 46.8 Å². The fourth-order valence-electron chi connectivity index (χ4n) is 4.63. The summed E-state index contributed by atoms with van der Waals surface area (Å²) in [6.45, 7) is 1.79. The number of aryl methyl sites for hydroxylation is 1. The van der Waals surface area contributed by atoms with Crippen LogP contribution in [0.4, 0.5) is 0 Å². The summed E-state index contributed by atoms with van der Waals surface area (Å²) in [5.74, 6) is -0.852. The molecular weight excluding hydrogens is 388 g/mol. The molecule has 2 aliphatic heterocycles. The van der Waals surface area contributed by atoms with Crippen molar-refractivity contribution in [1.82, 2.24) is 9.47 Å². The summed E-state index contributed by atoms with van der Waals surface area (Å²) >= 11 is 1.33. The Morgan fingerprint density at radius 1 is 1.17 bits per heavy atom. The molecule has 6 nitrogen and oxygen atoms in total. The van der Waals surface area contributed by atoms with Gasteiger partial charge in [0.05, 0.1) is 6.61 Å². The lowest BCUT2D eigenvalue weighted by atomic mass is 9.85. The summed E-state index contributed by atoms with van der Waals surface area (Å²) in [5.41, 5.74) is 2.37. The van der Waals surface area contributed by atoms with Crippen LogP contribution in [0.5, 0.6) is 0 Å². The van der Waals surface area contributed by atoms with Crippen molar-refractivity contribution >= 4 is 34.1 Å². The van der Waals surface area contributed by atoms with Gasteiger partial charge in [-0.15, -0.1) is 11.3 Å². The van der Waals surface area contributed by atoms with E-state index in [0.717, 1.165) is 27.8 Å². The van der Waals surface area contributed by atoms with E-state index in [4.69, 9.17) is 4.74 Å². The smallest absolute Gasteiger partial charge is 0.345 e. The number of carbonyl (C=O) groups excluding carboxylic acids is 1. The molecule has 5 rings (SSSR count). The van der Waals surface area contributed by atoms with Gasteiger partial charge in [-0.2, -0.15) is 0 Å². The number of fused-ring (bicyclic) bond motifs is 3. The molecule has 4 heterocycles. The number of hydrogen-bond donors (Lipinski definition) is 1. The van der Waals surface area contributed by atoms with Gasteiger partial charge in [-0.25, -0.2) is 4.79 Å². The molecule has 150 valence electrons. The SMILES string of the molecule is Cn1c(C(=O)N2CCC3(CC2)OCCc2cc(C(=O)O)sc23)cc2ccccc21. The number of amides is 1. The van der Waals surface area contributed by atoms with E-state index in [-0.39, 0.29) is 5.91 Å². The molecule has 1 aromatic carbocycles. The Hall–Kier alpha value is -2.64. The normalized spacial score (nSPS) is 18.2. The van der Waals surface area contributed by atoms with Crippen molar-refractivity contribution in [2.75, 3.05) is 19.7 Å². The largest absolute Gasteiger partial charge is 0.477 e. The van der Waals surface area contributed by atoms with Crippen molar-refractivity contribution in [3.8, 4) is 0 Å². The van der Waals surface area contributed by atoms with Crippen LogP contribution in [0.15, 0.2) is 36.4 Å². The second-order valence-electron chi connectivity index (χ2n) is 7.80. The van der Waals surface area contributed by atoms with Gasteiger partial charge >= 0.3 is 5.97 Å². The van der Waals surface area contributed by atoms with Gasteiger partial charge in [0.25, 0.3) is 5.91 Å². The number of carbonyl (C=O) groups is 2. The van der Waals surface area contributed by atoms with Crippen LogP contribution < -0.4 is 0 Å². The van der Waals surface area contributed by atoms with Crippen molar-refractivity contribution in [2.24, 2.45) is 7.05 Å². The molecular formula is C22H22N2O4S. The third-order valence-corrected chi connectivity index (χ3v) is 7.56. The molecule has 0 radical (unpaired) electrons. The van der Waals surface area contributed by atoms with E-state index in [1.165, 1.54) is 11.3 Å². The molecule has 1 fully saturated rings. The van der Waals surface area contributed by atoms with Crippen LogP contribution in [0.3, 0.4) is 0 Å². The van der Waals surface area contributed by atoms with Crippen LogP contribution in [-0.2, 0) is 23.8 Å². The minimum absolute atomic E-state index is 0.0342. The first-order chi connectivity index (χ1) is 14.0. The number of piperidine rings is 1. The Labute approximate surface area is 172 Å². The summed E-state index contributed by atoms with van der Waals surface area (Å²) in [6, 6.07) is 11.7. The Morgan fingerprint density at radius 2 is 1.93 bits per heavy atom. The Bertz CT molecular complexity index is 1120. The average Bonchev–Trinajstić information content (AvgIpc) is 3.31. The number of benzene rings is 1. The van der Waals surface area contributed by atoms with E-state index in [2.05, 4.69) is 0 Å². The van der Waals surface area contributed by atoms with Crippen LogP contribution in [-0.4, -0.2) is 46.1 Å². The highest BCUT2D eigenvalue weighted by Gasteiger charge is 2.43. The van der Waals surface area contributed by atoms with Crippen LogP contribution in [0, 0.1) is 0 Å². The van der Waals surface area contributed by atoms with Gasteiger partial charge in [-0.3, -0.25) is 4.79 Å². The quantitative estimate of drug-likeness (QED) is 0.700. The zero-order chi connectivity index (χ0) is 20.2. The fraction of sp³-hybridized carbons (Fsp3) is 0.364. The van der Waals surface area contributed by atoms with Crippen molar-refractivity contribution in [3.05, 3.63) is 57.4 Å². The second-order valence-corrected chi connectivity index (χ2v) is 8.85. The third-order valence-electron chi connectivity index (χ3n) is 6.21. The van der Waals surface area contributed by atoms with E-state index in [0.29, 0.717) is 43.1 Å². The van der Waals surface area contributed by atoms with Crippen molar-refractivity contribution in [3.63, 3.8) is 0 Å². The van der Waals surface area contributed by atoms with Gasteiger partial charge < -0.3 is 19.3 Å². The summed E-state index contributed by atoms with van der Waals surface area (Å²) in [7, 11) is 1.93. The molecule has 2 aromatic heterocycles. The maximum atomic E-state index is 13.2. The molecule has 3 aromatic rings. The van der Waals surface area contributed by atoms with Crippen molar-refractivity contribution in [1.29, 1.82) is 0 Å². The summed E-state index contributed by atoms with van der Waals surface area (Å²) in [5, 5.41) is 10.4. The van der Waals surface area contributed by atoms with Crippen LogP contribution in [0.25, 0.3) is 10.9 Å². The fourth-order valence-corrected chi connectivity index (χ4v) is 5.88.